The molecule has 0 aromatic heterocycles. The van der Waals surface area contributed by atoms with E-state index >= 15 is 0 Å². The molecule has 0 fully saturated rings. The molecule has 3 heteroatoms. The molecule has 0 saturated heterocycles. The van der Waals surface area contributed by atoms with E-state index in [1.165, 1.54) is 5.56 Å². The van der Waals surface area contributed by atoms with Crippen molar-refractivity contribution in [3.05, 3.63) is 28.8 Å². The van der Waals surface area contributed by atoms with Crippen LogP contribution in [-0.4, -0.2) is 24.4 Å². The Morgan fingerprint density at radius 1 is 1.56 bits per heavy atom. The van der Waals surface area contributed by atoms with Gasteiger partial charge in [-0.05, 0) is 44.6 Å². The van der Waals surface area contributed by atoms with Crippen molar-refractivity contribution in [1.82, 2.24) is 0 Å². The Morgan fingerprint density at radius 2 is 2.28 bits per heavy atom. The predicted octanol–water partition coefficient (Wildman–Crippen LogP) is 2.80. The molecule has 0 bridgehead atoms. The summed E-state index contributed by atoms with van der Waals surface area (Å²) in [5.41, 5.74) is 3.04. The average molecular weight is 248 g/mol. The molecule has 1 aromatic carbocycles. The molecule has 0 amide bonds. The van der Waals surface area contributed by atoms with Gasteiger partial charge in [0.15, 0.2) is 0 Å². The third kappa shape index (κ3) is 2.51. The van der Waals surface area contributed by atoms with E-state index in [0.717, 1.165) is 29.1 Å². The zero-order valence-electron chi connectivity index (χ0n) is 11.4. The molecule has 1 aliphatic rings. The number of hydrogen-bond donors (Lipinski definition) is 1. The van der Waals surface area contributed by atoms with Gasteiger partial charge in [-0.1, -0.05) is 0 Å². The molecule has 1 aromatic rings. The summed E-state index contributed by atoms with van der Waals surface area (Å²) in [4.78, 5) is 0. The molecule has 0 aliphatic carbocycles. The average Bonchev–Trinajstić information content (AvgIpc) is 2.66. The van der Waals surface area contributed by atoms with Gasteiger partial charge in [-0.25, -0.2) is 0 Å². The highest BCUT2D eigenvalue weighted by Gasteiger charge is 2.21. The first-order chi connectivity index (χ1) is 8.51. The number of aliphatic hydroxyl groups is 1. The highest BCUT2D eigenvalue weighted by atomic mass is 16.5. The van der Waals surface area contributed by atoms with E-state index < -0.39 is 6.10 Å². The van der Waals surface area contributed by atoms with Crippen molar-refractivity contribution in [3.63, 3.8) is 0 Å². The fourth-order valence-corrected chi connectivity index (χ4v) is 2.11. The Bertz CT molecular complexity index is 475. The summed E-state index contributed by atoms with van der Waals surface area (Å²) < 4.78 is 11.1. The van der Waals surface area contributed by atoms with Gasteiger partial charge in [0.2, 0.25) is 0 Å². The smallest absolute Gasteiger partial charge is 0.126 e. The van der Waals surface area contributed by atoms with Crippen LogP contribution >= 0.6 is 0 Å². The third-order valence-electron chi connectivity index (χ3n) is 3.29. The summed E-state index contributed by atoms with van der Waals surface area (Å²) in [7, 11) is 1.66. The molecule has 2 unspecified atom stereocenters. The van der Waals surface area contributed by atoms with E-state index in [2.05, 4.69) is 6.92 Å². The standard InChI is InChI=1S/C15H20O3/c1-9(11(3)16)5-12-8-15-13(6-10(2)18-15)7-14(12)17-4/h5,7-8,10-11,16H,6H2,1-4H3/b9-5-. The van der Waals surface area contributed by atoms with E-state index in [0.29, 0.717) is 0 Å². The van der Waals surface area contributed by atoms with Crippen LogP contribution in [0.2, 0.25) is 0 Å². The Morgan fingerprint density at radius 3 is 2.89 bits per heavy atom. The Balaban J connectivity index is 2.42. The minimum Gasteiger partial charge on any atom is -0.496 e. The Kier molecular flexibility index (Phi) is 3.62. The van der Waals surface area contributed by atoms with Gasteiger partial charge in [0.1, 0.15) is 17.6 Å². The lowest BCUT2D eigenvalue weighted by Crippen LogP contribution is -2.05. The molecule has 0 spiro atoms. The highest BCUT2D eigenvalue weighted by molar-refractivity contribution is 5.64. The van der Waals surface area contributed by atoms with Gasteiger partial charge in [-0.15, -0.1) is 0 Å². The van der Waals surface area contributed by atoms with E-state index in [1.54, 1.807) is 14.0 Å². The number of hydrogen-bond acceptors (Lipinski definition) is 3. The third-order valence-corrected chi connectivity index (χ3v) is 3.29. The van der Waals surface area contributed by atoms with Gasteiger partial charge in [0, 0.05) is 17.5 Å². The van der Waals surface area contributed by atoms with Crippen LogP contribution < -0.4 is 9.47 Å². The van der Waals surface area contributed by atoms with E-state index in [4.69, 9.17) is 9.47 Å². The van der Waals surface area contributed by atoms with Crippen molar-refractivity contribution in [2.75, 3.05) is 7.11 Å². The molecule has 1 N–H and O–H groups in total. The van der Waals surface area contributed by atoms with E-state index in [1.807, 2.05) is 25.1 Å². The summed E-state index contributed by atoms with van der Waals surface area (Å²) in [6, 6.07) is 4.02. The molecule has 0 saturated carbocycles. The molecule has 18 heavy (non-hydrogen) atoms. The van der Waals surface area contributed by atoms with Gasteiger partial charge in [0.05, 0.1) is 13.2 Å². The number of ether oxygens (including phenoxy) is 2. The van der Waals surface area contributed by atoms with Crippen molar-refractivity contribution in [1.29, 1.82) is 0 Å². The van der Waals surface area contributed by atoms with Crippen molar-refractivity contribution in [2.24, 2.45) is 0 Å². The zero-order valence-corrected chi connectivity index (χ0v) is 11.4. The van der Waals surface area contributed by atoms with Gasteiger partial charge < -0.3 is 14.6 Å². The highest BCUT2D eigenvalue weighted by Crippen LogP contribution is 2.36. The van der Waals surface area contributed by atoms with E-state index in [-0.39, 0.29) is 6.10 Å². The summed E-state index contributed by atoms with van der Waals surface area (Å²) in [5.74, 6) is 1.75. The molecule has 98 valence electrons. The second-order valence-corrected chi connectivity index (χ2v) is 4.90. The van der Waals surface area contributed by atoms with Crippen LogP contribution in [0, 0.1) is 0 Å². The molecule has 1 heterocycles. The second-order valence-electron chi connectivity index (χ2n) is 4.90. The summed E-state index contributed by atoms with van der Waals surface area (Å²) in [5, 5.41) is 9.54. The molecule has 0 radical (unpaired) electrons. The van der Waals surface area contributed by atoms with Gasteiger partial charge >= 0.3 is 0 Å². The van der Waals surface area contributed by atoms with Crippen molar-refractivity contribution in [3.8, 4) is 11.5 Å². The largest absolute Gasteiger partial charge is 0.496 e. The fourth-order valence-electron chi connectivity index (χ4n) is 2.11. The molecule has 3 nitrogen and oxygen atoms in total. The van der Waals surface area contributed by atoms with Crippen LogP contribution in [0.25, 0.3) is 6.08 Å². The van der Waals surface area contributed by atoms with Crippen molar-refractivity contribution < 1.29 is 14.6 Å². The second kappa shape index (κ2) is 5.02. The number of fused-ring (bicyclic) bond motifs is 1. The van der Waals surface area contributed by atoms with Crippen molar-refractivity contribution in [2.45, 2.75) is 39.4 Å². The van der Waals surface area contributed by atoms with Crippen LogP contribution in [-0.2, 0) is 6.42 Å². The van der Waals surface area contributed by atoms with Crippen molar-refractivity contribution >= 4 is 6.08 Å². The van der Waals surface area contributed by atoms with Crippen LogP contribution in [0.4, 0.5) is 0 Å². The number of aliphatic hydroxyl groups excluding tert-OH is 1. The topological polar surface area (TPSA) is 38.7 Å². The number of benzene rings is 1. The molecular formula is C15H20O3. The first-order valence-corrected chi connectivity index (χ1v) is 6.25. The molecule has 2 rings (SSSR count). The van der Waals surface area contributed by atoms with Crippen LogP contribution in [0.1, 0.15) is 31.9 Å². The lowest BCUT2D eigenvalue weighted by atomic mass is 10.0. The first kappa shape index (κ1) is 13.0. The minimum atomic E-state index is -0.456. The summed E-state index contributed by atoms with van der Waals surface area (Å²) in [6.45, 7) is 5.72. The van der Waals surface area contributed by atoms with Gasteiger partial charge in [-0.3, -0.25) is 0 Å². The summed E-state index contributed by atoms with van der Waals surface area (Å²) >= 11 is 0. The maximum Gasteiger partial charge on any atom is 0.126 e. The molecule has 2 atom stereocenters. The monoisotopic (exact) mass is 248 g/mol. The predicted molar refractivity (Wildman–Crippen MR) is 72.1 cm³/mol. The van der Waals surface area contributed by atoms with Gasteiger partial charge in [-0.2, -0.15) is 0 Å². The van der Waals surface area contributed by atoms with Crippen LogP contribution in [0.3, 0.4) is 0 Å². The summed E-state index contributed by atoms with van der Waals surface area (Å²) in [6.07, 6.45) is 2.63. The van der Waals surface area contributed by atoms with Crippen LogP contribution in [0.5, 0.6) is 11.5 Å². The quantitative estimate of drug-likeness (QED) is 0.894. The number of rotatable bonds is 3. The number of methoxy groups -OCH3 is 1. The SMILES string of the molecule is COc1cc2c(cc1/C=C(/C)C(C)O)OC(C)C2. The maximum absolute atomic E-state index is 9.54. The van der Waals surface area contributed by atoms with E-state index in [9.17, 15) is 5.11 Å². The minimum absolute atomic E-state index is 0.224. The lowest BCUT2D eigenvalue weighted by molar-refractivity contribution is 0.232. The maximum atomic E-state index is 9.54. The Labute approximate surface area is 108 Å². The first-order valence-electron chi connectivity index (χ1n) is 6.25. The molecular weight excluding hydrogens is 228 g/mol. The molecule has 1 aliphatic heterocycles. The normalized spacial score (nSPS) is 20.3. The Hall–Kier alpha value is -1.48. The van der Waals surface area contributed by atoms with Gasteiger partial charge in [0.25, 0.3) is 0 Å². The lowest BCUT2D eigenvalue weighted by Gasteiger charge is -2.10. The zero-order chi connectivity index (χ0) is 13.3. The van der Waals surface area contributed by atoms with Crippen LogP contribution in [0.15, 0.2) is 17.7 Å². The fraction of sp³-hybridized carbons (Fsp3) is 0.467.